The molecule has 2 N–H and O–H groups in total. The Morgan fingerprint density at radius 3 is 3.07 bits per heavy atom. The van der Waals surface area contributed by atoms with Crippen LogP contribution in [0.15, 0.2) is 10.8 Å². The average molecular weight is 421 g/mol. The molecule has 28 heavy (non-hydrogen) atoms. The highest BCUT2D eigenvalue weighted by atomic mass is 32.1. The Bertz CT molecular complexity index is 1350. The van der Waals surface area contributed by atoms with Gasteiger partial charge in [-0.2, -0.15) is 4.39 Å². The minimum absolute atomic E-state index is 0.0990. The van der Waals surface area contributed by atoms with Crippen molar-refractivity contribution in [3.8, 4) is 5.75 Å². The summed E-state index contributed by atoms with van der Waals surface area (Å²) in [7, 11) is 0. The van der Waals surface area contributed by atoms with Gasteiger partial charge in [0.25, 0.3) is 11.5 Å². The number of fused-ring (bicyclic) bond motifs is 1. The number of rotatable bonds is 6. The highest BCUT2D eigenvalue weighted by Gasteiger charge is 2.25. The number of carbonyl (C=O) groups excluding carboxylic acids is 1. The van der Waals surface area contributed by atoms with Crippen LogP contribution in [0.2, 0.25) is 1.41 Å². The highest BCUT2D eigenvalue weighted by molar-refractivity contribution is 7.17. The van der Waals surface area contributed by atoms with Crippen molar-refractivity contribution in [3.63, 3.8) is 0 Å². The predicted molar refractivity (Wildman–Crippen MR) is 110 cm³/mol. The lowest BCUT2D eigenvalue weighted by Crippen LogP contribution is -2.37. The van der Waals surface area contributed by atoms with E-state index in [0.29, 0.717) is 12.8 Å². The van der Waals surface area contributed by atoms with E-state index >= 15 is 0 Å². The molecule has 0 saturated carbocycles. The number of hydrogen-bond donors (Lipinski definition) is 2. The molecule has 0 bridgehead atoms. The number of pyridine rings is 1. The van der Waals surface area contributed by atoms with Gasteiger partial charge < -0.3 is 15.3 Å². The molecule has 0 spiro atoms. The number of aromatic nitrogens is 1. The van der Waals surface area contributed by atoms with Gasteiger partial charge in [0.1, 0.15) is 16.1 Å². The number of piperidine rings is 1. The second kappa shape index (κ2) is 8.61. The molecule has 1 aliphatic heterocycles. The molecule has 1 saturated heterocycles. The lowest BCUT2D eigenvalue weighted by atomic mass is 9.99. The number of nitrogens with zero attached hydrogens (tertiary/aromatic N) is 2. The zero-order valence-electron chi connectivity index (χ0n) is 26.4. The summed E-state index contributed by atoms with van der Waals surface area (Å²) in [5.41, 5.74) is -2.99. The van der Waals surface area contributed by atoms with Gasteiger partial charge in [-0.3, -0.25) is 14.2 Å². The first-order valence-corrected chi connectivity index (χ1v) is 9.43. The van der Waals surface area contributed by atoms with Crippen LogP contribution in [0.4, 0.5) is 4.39 Å². The van der Waals surface area contributed by atoms with Crippen molar-refractivity contribution in [3.05, 3.63) is 27.1 Å². The summed E-state index contributed by atoms with van der Waals surface area (Å²) in [4.78, 5) is 27.3. The molecule has 0 aromatic carbocycles. The summed E-state index contributed by atoms with van der Waals surface area (Å²) >= 11 is 0.0990. The van der Waals surface area contributed by atoms with Crippen LogP contribution in [0.25, 0.3) is 10.2 Å². The number of aromatic hydroxyl groups is 1. The summed E-state index contributed by atoms with van der Waals surface area (Å²) in [6.07, 6.45) is -0.466. The minimum Gasteiger partial charge on any atom is -0.506 e. The molecule has 2 aromatic rings. The topological polar surface area (TPSA) is 74.6 Å². The third kappa shape index (κ3) is 4.22. The molecule has 3 rings (SSSR count). The largest absolute Gasteiger partial charge is 0.506 e. The van der Waals surface area contributed by atoms with Crippen molar-refractivity contribution in [2.45, 2.75) is 46.0 Å². The van der Waals surface area contributed by atoms with E-state index in [1.165, 1.54) is 4.90 Å². The average Bonchev–Trinajstić information content (AvgIpc) is 3.05. The summed E-state index contributed by atoms with van der Waals surface area (Å²) in [6.45, 7) is -6.00. The van der Waals surface area contributed by atoms with Crippen LogP contribution < -0.4 is 10.9 Å². The number of thiophene rings is 1. The third-order valence-corrected chi connectivity index (χ3v) is 5.31. The maximum atomic E-state index is 14.4. The van der Waals surface area contributed by atoms with E-state index < -0.39 is 82.3 Å². The zero-order valence-corrected chi connectivity index (χ0v) is 16.2. The zero-order chi connectivity index (χ0) is 30.1. The molecule has 1 atom stereocenters. The van der Waals surface area contributed by atoms with E-state index in [4.69, 9.17) is 15.1 Å². The quantitative estimate of drug-likeness (QED) is 0.752. The van der Waals surface area contributed by atoms with Crippen molar-refractivity contribution in [1.82, 2.24) is 14.8 Å². The van der Waals surface area contributed by atoms with Gasteiger partial charge in [-0.15, -0.1) is 0 Å². The number of hydrogen-bond acceptors (Lipinski definition) is 5. The van der Waals surface area contributed by atoms with Crippen molar-refractivity contribution < 1.29 is 29.4 Å². The van der Waals surface area contributed by atoms with Crippen LogP contribution in [0.5, 0.6) is 5.75 Å². The van der Waals surface area contributed by atoms with Crippen molar-refractivity contribution in [2.24, 2.45) is 5.89 Å². The van der Waals surface area contributed by atoms with Gasteiger partial charge in [0, 0.05) is 23.5 Å². The Morgan fingerprint density at radius 2 is 2.39 bits per heavy atom. The fourth-order valence-corrected chi connectivity index (χ4v) is 3.80. The number of likely N-dealkylation sites (tertiary alicyclic amines) is 1. The van der Waals surface area contributed by atoms with Crippen LogP contribution >= 0.6 is 11.3 Å². The Hall–Kier alpha value is -1.93. The molecular formula is C20H28FN3O3S. The van der Waals surface area contributed by atoms with E-state index in [2.05, 4.69) is 0 Å². The molecule has 0 radical (unpaired) electrons. The van der Waals surface area contributed by atoms with E-state index in [-0.39, 0.29) is 34.3 Å². The van der Waals surface area contributed by atoms with E-state index in [0.717, 1.165) is 6.92 Å². The first-order chi connectivity index (χ1) is 17.5. The van der Waals surface area contributed by atoms with Gasteiger partial charge in [-0.1, -0.05) is 18.3 Å². The summed E-state index contributed by atoms with van der Waals surface area (Å²) in [5.74, 6) is -3.87. The van der Waals surface area contributed by atoms with E-state index in [9.17, 15) is 19.1 Å². The third-order valence-electron chi connectivity index (χ3n) is 4.45. The molecule has 1 unspecified atom stereocenters. The highest BCUT2D eigenvalue weighted by Crippen LogP contribution is 2.33. The van der Waals surface area contributed by atoms with Crippen molar-refractivity contribution in [2.75, 3.05) is 26.1 Å². The Labute approximate surface area is 183 Å². The van der Waals surface area contributed by atoms with Gasteiger partial charge >= 0.3 is 0 Å². The normalized spacial score (nSPS) is 26.6. The van der Waals surface area contributed by atoms with Crippen molar-refractivity contribution in [1.29, 1.82) is 0 Å². The lowest BCUT2D eigenvalue weighted by molar-refractivity contribution is 0.0946. The number of nitrogens with one attached hydrogen (secondary N) is 1. The maximum absolute atomic E-state index is 14.4. The predicted octanol–water partition coefficient (Wildman–Crippen LogP) is 3.34. The summed E-state index contributed by atoms with van der Waals surface area (Å²) in [6, 6.07) is -3.84. The molecule has 0 aliphatic carbocycles. The molecule has 2 aromatic heterocycles. The first kappa shape index (κ1) is 10.7. The van der Waals surface area contributed by atoms with Crippen molar-refractivity contribution >= 4 is 27.5 Å². The molecule has 8 heteroatoms. The lowest BCUT2D eigenvalue weighted by Gasteiger charge is -2.30. The van der Waals surface area contributed by atoms with Gasteiger partial charge in [0.05, 0.1) is 8.13 Å². The van der Waals surface area contributed by atoms with Crippen LogP contribution in [0.3, 0.4) is 0 Å². The Kier molecular flexibility index (Phi) is 3.30. The van der Waals surface area contributed by atoms with Crippen LogP contribution in [0, 0.1) is 11.0 Å². The molecule has 1 amide bonds. The molecule has 6 nitrogen and oxygen atoms in total. The Morgan fingerprint density at radius 1 is 1.68 bits per heavy atom. The first-order valence-electron chi connectivity index (χ1n) is 14.1. The number of halogens is 1. The van der Waals surface area contributed by atoms with Gasteiger partial charge in [0.2, 0.25) is 0 Å². The van der Waals surface area contributed by atoms with Crippen LogP contribution in [-0.4, -0.2) is 46.6 Å². The van der Waals surface area contributed by atoms with Crippen LogP contribution in [0.1, 0.15) is 70.0 Å². The molecule has 154 valence electrons. The standard InChI is InChI=1S/C20H28FN3O3S/c1-12(2)24-19(27)16(17(25)14-11-15(21)28-20(14)24)18(26)22-7-4-8-23-9-5-13(3)6-10-23/h11-13,25H,4-10H2,1-3H3,(H,22,26)/i1D3,7D2,8D2,11D,12D,13D/hD. The fourth-order valence-electron chi connectivity index (χ4n) is 2.92. The fraction of sp³-hybridized carbons (Fsp3) is 0.600. The molecule has 1 aliphatic rings. The summed E-state index contributed by atoms with van der Waals surface area (Å²) in [5, 5.41) is 8.35. The minimum atomic E-state index is -3.22. The van der Waals surface area contributed by atoms with Gasteiger partial charge in [-0.25, -0.2) is 0 Å². The second-order valence-corrected chi connectivity index (χ2v) is 7.43. The number of carbonyl (C=O) groups is 1. The molecule has 1 fully saturated rings. The van der Waals surface area contributed by atoms with Gasteiger partial charge in [-0.05, 0) is 64.6 Å². The smallest absolute Gasteiger partial charge is 0.268 e. The molecular weight excluding hydrogens is 381 g/mol. The van der Waals surface area contributed by atoms with Gasteiger partial charge in [0.15, 0.2) is 6.54 Å². The van der Waals surface area contributed by atoms with Crippen LogP contribution in [-0.2, 0) is 0 Å². The molecule has 3 heterocycles. The SMILES string of the molecule is [2H]c1c(F)sc2c1c(O)c(C(=O)N([2H])C([2H])([2H])CC([2H])([2H])N1CCC([2H])(C)CC1)c(=O)n2C([2H])(C)C([2H])([2H])[2H]. The van der Waals surface area contributed by atoms with E-state index in [1.54, 1.807) is 6.92 Å². The second-order valence-electron chi connectivity index (χ2n) is 6.48. The Balaban J connectivity index is 2.10. The number of amides is 1. The summed E-state index contributed by atoms with van der Waals surface area (Å²) < 4.78 is 103. The monoisotopic (exact) mass is 420 g/mol. The maximum Gasteiger partial charge on any atom is 0.268 e. The van der Waals surface area contributed by atoms with E-state index in [1.807, 2.05) is 0 Å².